The van der Waals surface area contributed by atoms with Crippen LogP contribution in [-0.4, -0.2) is 44.7 Å². The van der Waals surface area contributed by atoms with E-state index in [1.807, 2.05) is 6.07 Å². The van der Waals surface area contributed by atoms with Gasteiger partial charge in [-0.2, -0.15) is 5.10 Å². The zero-order valence-electron chi connectivity index (χ0n) is 10.8. The van der Waals surface area contributed by atoms with E-state index in [-0.39, 0.29) is 18.5 Å². The molecule has 0 aliphatic carbocycles. The van der Waals surface area contributed by atoms with Gasteiger partial charge in [-0.3, -0.25) is 14.7 Å². The number of aromatic amines is 1. The summed E-state index contributed by atoms with van der Waals surface area (Å²) in [7, 11) is 0. The van der Waals surface area contributed by atoms with Gasteiger partial charge in [-0.15, -0.1) is 0 Å². The van der Waals surface area contributed by atoms with Gasteiger partial charge in [-0.05, 0) is 19.9 Å². The van der Waals surface area contributed by atoms with Gasteiger partial charge >= 0.3 is 5.97 Å². The summed E-state index contributed by atoms with van der Waals surface area (Å²) >= 11 is 0. The summed E-state index contributed by atoms with van der Waals surface area (Å²) in [5.41, 5.74) is 1.06. The van der Waals surface area contributed by atoms with Crippen molar-refractivity contribution in [3.8, 4) is 0 Å². The number of para-hydroxylation sites is 1. The summed E-state index contributed by atoms with van der Waals surface area (Å²) in [6, 6.07) is 5.07. The molecule has 1 aromatic heterocycles. The Bertz CT molecular complexity index is 618. The van der Waals surface area contributed by atoms with Crippen molar-refractivity contribution in [3.05, 3.63) is 30.0 Å². The lowest BCUT2D eigenvalue weighted by molar-refractivity contribution is -0.138. The first-order valence-electron chi connectivity index (χ1n) is 5.95. The molecule has 2 rings (SSSR count). The summed E-state index contributed by atoms with van der Waals surface area (Å²) in [6.07, 6.45) is 1.63. The van der Waals surface area contributed by atoms with Crippen molar-refractivity contribution in [2.45, 2.75) is 19.9 Å². The summed E-state index contributed by atoms with van der Waals surface area (Å²) in [5, 5.41) is 16.4. The Morgan fingerprint density at radius 1 is 1.42 bits per heavy atom. The van der Waals surface area contributed by atoms with Crippen LogP contribution in [0, 0.1) is 0 Å². The molecule has 0 saturated heterocycles. The van der Waals surface area contributed by atoms with E-state index in [1.54, 1.807) is 32.2 Å². The molecule has 2 aromatic rings. The zero-order valence-corrected chi connectivity index (χ0v) is 10.8. The van der Waals surface area contributed by atoms with Crippen LogP contribution in [0.5, 0.6) is 0 Å². The predicted molar refractivity (Wildman–Crippen MR) is 69.9 cm³/mol. The minimum absolute atomic E-state index is 0.193. The Hall–Kier alpha value is -2.37. The molecule has 1 aromatic carbocycles. The maximum Gasteiger partial charge on any atom is 0.323 e. The molecule has 0 aliphatic rings. The van der Waals surface area contributed by atoms with E-state index < -0.39 is 5.97 Å². The van der Waals surface area contributed by atoms with Crippen LogP contribution in [0.15, 0.2) is 24.4 Å². The Labute approximate surface area is 110 Å². The van der Waals surface area contributed by atoms with Crippen molar-refractivity contribution >= 4 is 22.8 Å². The van der Waals surface area contributed by atoms with Gasteiger partial charge in [0.2, 0.25) is 0 Å². The summed E-state index contributed by atoms with van der Waals surface area (Å²) in [5.74, 6) is -1.34. The quantitative estimate of drug-likeness (QED) is 0.873. The van der Waals surface area contributed by atoms with Crippen molar-refractivity contribution in [1.82, 2.24) is 15.1 Å². The number of benzene rings is 1. The molecule has 100 valence electrons. The fourth-order valence-electron chi connectivity index (χ4n) is 1.94. The molecule has 0 saturated carbocycles. The molecule has 0 atom stereocenters. The lowest BCUT2D eigenvalue weighted by Crippen LogP contribution is -2.40. The number of carboxylic acid groups (broad SMARTS) is 1. The van der Waals surface area contributed by atoms with Crippen LogP contribution in [0.4, 0.5) is 0 Å². The SMILES string of the molecule is CC(C)N(CC(=O)O)C(=O)c1cccc2cn[nH]c12. The largest absolute Gasteiger partial charge is 0.480 e. The average Bonchev–Trinajstić information content (AvgIpc) is 2.82. The van der Waals surface area contributed by atoms with E-state index in [9.17, 15) is 9.59 Å². The Morgan fingerprint density at radius 3 is 2.79 bits per heavy atom. The second kappa shape index (κ2) is 5.09. The van der Waals surface area contributed by atoms with Crippen LogP contribution in [0.3, 0.4) is 0 Å². The van der Waals surface area contributed by atoms with Gasteiger partial charge in [0.15, 0.2) is 0 Å². The van der Waals surface area contributed by atoms with E-state index in [0.29, 0.717) is 11.1 Å². The van der Waals surface area contributed by atoms with Crippen molar-refractivity contribution in [2.24, 2.45) is 0 Å². The molecule has 0 bridgehead atoms. The molecule has 0 aliphatic heterocycles. The predicted octanol–water partition coefficient (Wildman–Crippen LogP) is 1.50. The number of fused-ring (bicyclic) bond motifs is 1. The van der Waals surface area contributed by atoms with Crippen LogP contribution in [-0.2, 0) is 4.79 Å². The third-order valence-corrected chi connectivity index (χ3v) is 2.90. The van der Waals surface area contributed by atoms with E-state index in [0.717, 1.165) is 5.39 Å². The van der Waals surface area contributed by atoms with Gasteiger partial charge in [0.25, 0.3) is 5.91 Å². The molecule has 0 unspecified atom stereocenters. The van der Waals surface area contributed by atoms with Crippen LogP contribution < -0.4 is 0 Å². The molecular formula is C13H15N3O3. The van der Waals surface area contributed by atoms with Gasteiger partial charge in [0.1, 0.15) is 6.54 Å². The lowest BCUT2D eigenvalue weighted by atomic mass is 10.1. The molecule has 1 heterocycles. The first kappa shape index (κ1) is 13.1. The average molecular weight is 261 g/mol. The molecule has 0 fully saturated rings. The Balaban J connectivity index is 2.41. The standard InChI is InChI=1S/C13H15N3O3/c1-8(2)16(7-11(17)18)13(19)10-5-3-4-9-6-14-15-12(9)10/h3-6,8H,7H2,1-2H3,(H,14,15)(H,17,18). The molecular weight excluding hydrogens is 246 g/mol. The number of H-pyrrole nitrogens is 1. The van der Waals surface area contributed by atoms with Gasteiger partial charge < -0.3 is 10.0 Å². The van der Waals surface area contributed by atoms with Crippen LogP contribution in [0.25, 0.3) is 10.9 Å². The van der Waals surface area contributed by atoms with Crippen molar-refractivity contribution in [2.75, 3.05) is 6.54 Å². The van der Waals surface area contributed by atoms with Crippen molar-refractivity contribution < 1.29 is 14.7 Å². The number of hydrogen-bond acceptors (Lipinski definition) is 3. The topological polar surface area (TPSA) is 86.3 Å². The van der Waals surface area contributed by atoms with Crippen molar-refractivity contribution in [1.29, 1.82) is 0 Å². The first-order chi connectivity index (χ1) is 9.00. The molecule has 6 heteroatoms. The number of nitrogens with zero attached hydrogens (tertiary/aromatic N) is 2. The number of carboxylic acids is 1. The van der Waals surface area contributed by atoms with Gasteiger partial charge in [-0.1, -0.05) is 12.1 Å². The highest BCUT2D eigenvalue weighted by atomic mass is 16.4. The smallest absolute Gasteiger partial charge is 0.323 e. The molecule has 6 nitrogen and oxygen atoms in total. The molecule has 19 heavy (non-hydrogen) atoms. The minimum Gasteiger partial charge on any atom is -0.480 e. The first-order valence-corrected chi connectivity index (χ1v) is 5.95. The van der Waals surface area contributed by atoms with E-state index in [2.05, 4.69) is 10.2 Å². The Morgan fingerprint density at radius 2 is 2.16 bits per heavy atom. The highest BCUT2D eigenvalue weighted by Crippen LogP contribution is 2.18. The molecule has 1 amide bonds. The zero-order chi connectivity index (χ0) is 14.0. The maximum absolute atomic E-state index is 12.4. The molecule has 2 N–H and O–H groups in total. The van der Waals surface area contributed by atoms with E-state index >= 15 is 0 Å². The Kier molecular flexibility index (Phi) is 3.50. The fourth-order valence-corrected chi connectivity index (χ4v) is 1.94. The van der Waals surface area contributed by atoms with Gasteiger partial charge in [0, 0.05) is 11.4 Å². The van der Waals surface area contributed by atoms with Crippen molar-refractivity contribution in [3.63, 3.8) is 0 Å². The number of carbonyl (C=O) groups excluding carboxylic acids is 1. The van der Waals surface area contributed by atoms with E-state index in [1.165, 1.54) is 4.90 Å². The highest BCUT2D eigenvalue weighted by Gasteiger charge is 2.23. The number of amides is 1. The fraction of sp³-hybridized carbons (Fsp3) is 0.308. The van der Waals surface area contributed by atoms with Crippen LogP contribution in [0.2, 0.25) is 0 Å². The summed E-state index contributed by atoms with van der Waals surface area (Å²) < 4.78 is 0. The number of rotatable bonds is 4. The molecule has 0 spiro atoms. The number of aromatic nitrogens is 2. The second-order valence-electron chi connectivity index (χ2n) is 4.56. The number of hydrogen-bond donors (Lipinski definition) is 2. The minimum atomic E-state index is -1.03. The number of nitrogens with one attached hydrogen (secondary N) is 1. The van der Waals surface area contributed by atoms with Crippen LogP contribution in [0.1, 0.15) is 24.2 Å². The number of aliphatic carboxylic acids is 1. The highest BCUT2D eigenvalue weighted by molar-refractivity contribution is 6.06. The summed E-state index contributed by atoms with van der Waals surface area (Å²) in [4.78, 5) is 24.6. The molecule has 0 radical (unpaired) electrons. The lowest BCUT2D eigenvalue weighted by Gasteiger charge is -2.25. The van der Waals surface area contributed by atoms with Gasteiger partial charge in [0.05, 0.1) is 17.3 Å². The van der Waals surface area contributed by atoms with Crippen LogP contribution >= 0.6 is 0 Å². The number of carbonyl (C=O) groups is 2. The maximum atomic E-state index is 12.4. The normalized spacial score (nSPS) is 10.9. The van der Waals surface area contributed by atoms with E-state index in [4.69, 9.17) is 5.11 Å². The third kappa shape index (κ3) is 2.57. The monoisotopic (exact) mass is 261 g/mol. The third-order valence-electron chi connectivity index (χ3n) is 2.90. The second-order valence-corrected chi connectivity index (χ2v) is 4.56. The summed E-state index contributed by atoms with van der Waals surface area (Å²) in [6.45, 7) is 3.25. The van der Waals surface area contributed by atoms with Gasteiger partial charge in [-0.25, -0.2) is 0 Å².